The van der Waals surface area contributed by atoms with E-state index in [0.29, 0.717) is 6.42 Å². The molecule has 2 aromatic heterocycles. The van der Waals surface area contributed by atoms with Gasteiger partial charge in [-0.25, -0.2) is 4.98 Å². The zero-order valence-corrected chi connectivity index (χ0v) is 18.6. The van der Waals surface area contributed by atoms with Crippen molar-refractivity contribution in [3.8, 4) is 11.3 Å². The number of aryl methyl sites for hydroxylation is 1. The highest BCUT2D eigenvalue weighted by Gasteiger charge is 2.20. The standard InChI is InChI=1S/C23H24ClN5S/c1-29(2)10-4-5-15-11-18-20(13-19(15)24)27-22(30)12-16-7-8-21(28-23(16)18)26-17-6-3-9-25-14-17/h3,6-9,11,13-14H,4-5,10,12H2,1-2H3,(H,26,28)(H,27,30). The molecule has 0 unspecified atom stereocenters. The summed E-state index contributed by atoms with van der Waals surface area (Å²) in [4.78, 5) is 12.0. The average Bonchev–Trinajstić information content (AvgIpc) is 2.84. The molecule has 0 atom stereocenters. The number of halogens is 1. The van der Waals surface area contributed by atoms with Crippen molar-refractivity contribution in [1.29, 1.82) is 0 Å². The molecular weight excluding hydrogens is 414 g/mol. The highest BCUT2D eigenvalue weighted by atomic mass is 35.5. The van der Waals surface area contributed by atoms with E-state index in [1.807, 2.05) is 24.3 Å². The van der Waals surface area contributed by atoms with Gasteiger partial charge in [0.05, 0.1) is 22.6 Å². The number of fused-ring (bicyclic) bond motifs is 3. The molecule has 3 heterocycles. The first-order valence-corrected chi connectivity index (χ1v) is 10.7. The molecule has 5 nitrogen and oxygen atoms in total. The smallest absolute Gasteiger partial charge is 0.131 e. The van der Waals surface area contributed by atoms with Crippen LogP contribution >= 0.6 is 23.8 Å². The van der Waals surface area contributed by atoms with Gasteiger partial charge < -0.3 is 15.5 Å². The third-order valence-corrected chi connectivity index (χ3v) is 5.63. The Morgan fingerprint density at radius 3 is 2.87 bits per heavy atom. The topological polar surface area (TPSA) is 53.1 Å². The lowest BCUT2D eigenvalue weighted by Crippen LogP contribution is -2.13. The average molecular weight is 438 g/mol. The Kier molecular flexibility index (Phi) is 6.27. The molecule has 0 saturated heterocycles. The molecule has 3 aromatic rings. The first-order chi connectivity index (χ1) is 14.5. The summed E-state index contributed by atoms with van der Waals surface area (Å²) in [6, 6.07) is 12.1. The van der Waals surface area contributed by atoms with Crippen LogP contribution in [-0.4, -0.2) is 40.5 Å². The molecule has 0 saturated carbocycles. The Morgan fingerprint density at radius 1 is 1.23 bits per heavy atom. The van der Waals surface area contributed by atoms with Crippen molar-refractivity contribution in [1.82, 2.24) is 14.9 Å². The third-order valence-electron chi connectivity index (χ3n) is 5.03. The molecule has 154 valence electrons. The summed E-state index contributed by atoms with van der Waals surface area (Å²) in [5, 5.41) is 7.44. The fourth-order valence-corrected chi connectivity index (χ4v) is 4.10. The van der Waals surface area contributed by atoms with Crippen molar-refractivity contribution in [2.24, 2.45) is 0 Å². The quantitative estimate of drug-likeness (QED) is 0.508. The van der Waals surface area contributed by atoms with Crippen molar-refractivity contribution in [2.75, 3.05) is 31.3 Å². The fraction of sp³-hybridized carbons (Fsp3) is 0.261. The van der Waals surface area contributed by atoms with Crippen molar-refractivity contribution < 1.29 is 0 Å². The maximum Gasteiger partial charge on any atom is 0.131 e. The van der Waals surface area contributed by atoms with E-state index in [-0.39, 0.29) is 0 Å². The number of pyridine rings is 2. The maximum atomic E-state index is 6.61. The van der Waals surface area contributed by atoms with Crippen molar-refractivity contribution >= 4 is 46.0 Å². The van der Waals surface area contributed by atoms with Crippen molar-refractivity contribution in [3.63, 3.8) is 0 Å². The Balaban J connectivity index is 1.72. The molecule has 0 aliphatic carbocycles. The van der Waals surface area contributed by atoms with Gasteiger partial charge in [-0.05, 0) is 74.9 Å². The monoisotopic (exact) mass is 437 g/mol. The van der Waals surface area contributed by atoms with Crippen LogP contribution in [0.2, 0.25) is 5.02 Å². The number of anilines is 3. The number of benzene rings is 1. The maximum absolute atomic E-state index is 6.61. The summed E-state index contributed by atoms with van der Waals surface area (Å²) in [6.07, 6.45) is 6.13. The summed E-state index contributed by atoms with van der Waals surface area (Å²) in [7, 11) is 4.17. The Bertz CT molecular complexity index is 1070. The van der Waals surface area contributed by atoms with Gasteiger partial charge in [-0.3, -0.25) is 4.98 Å². The van der Waals surface area contributed by atoms with E-state index in [1.54, 1.807) is 12.4 Å². The Labute approximate surface area is 187 Å². The summed E-state index contributed by atoms with van der Waals surface area (Å²) in [6.45, 7) is 1.02. The molecule has 0 bridgehead atoms. The summed E-state index contributed by atoms with van der Waals surface area (Å²) >= 11 is 12.2. The van der Waals surface area contributed by atoms with E-state index < -0.39 is 0 Å². The molecule has 0 spiro atoms. The van der Waals surface area contributed by atoms with Crippen LogP contribution in [0.15, 0.2) is 48.8 Å². The number of nitrogens with zero attached hydrogens (tertiary/aromatic N) is 3. The lowest BCUT2D eigenvalue weighted by Gasteiger charge is -2.15. The first kappa shape index (κ1) is 20.7. The molecule has 0 fully saturated rings. The van der Waals surface area contributed by atoms with Gasteiger partial charge in [0, 0.05) is 28.9 Å². The Hall–Kier alpha value is -2.54. The van der Waals surface area contributed by atoms with E-state index in [4.69, 9.17) is 28.8 Å². The van der Waals surface area contributed by atoms with Crippen LogP contribution in [-0.2, 0) is 12.8 Å². The molecule has 0 radical (unpaired) electrons. The predicted octanol–water partition coefficient (Wildman–Crippen LogP) is 5.33. The lowest BCUT2D eigenvalue weighted by molar-refractivity contribution is 0.400. The number of rotatable bonds is 6. The number of hydrogen-bond acceptors (Lipinski definition) is 5. The largest absolute Gasteiger partial charge is 0.349 e. The second-order valence-electron chi connectivity index (χ2n) is 7.69. The van der Waals surface area contributed by atoms with E-state index in [9.17, 15) is 0 Å². The molecule has 2 N–H and O–H groups in total. The van der Waals surface area contributed by atoms with Gasteiger partial charge in [-0.15, -0.1) is 0 Å². The van der Waals surface area contributed by atoms with Crippen LogP contribution in [0.3, 0.4) is 0 Å². The number of aromatic nitrogens is 2. The van der Waals surface area contributed by atoms with Crippen LogP contribution in [0.25, 0.3) is 11.3 Å². The molecule has 30 heavy (non-hydrogen) atoms. The molecule has 1 aliphatic rings. The van der Waals surface area contributed by atoms with Gasteiger partial charge in [0.15, 0.2) is 0 Å². The van der Waals surface area contributed by atoms with Gasteiger partial charge in [-0.1, -0.05) is 29.9 Å². The Morgan fingerprint density at radius 2 is 2.10 bits per heavy atom. The van der Waals surface area contributed by atoms with Crippen LogP contribution < -0.4 is 10.6 Å². The summed E-state index contributed by atoms with van der Waals surface area (Å²) in [5.74, 6) is 0.768. The van der Waals surface area contributed by atoms with Gasteiger partial charge in [-0.2, -0.15) is 0 Å². The lowest BCUT2D eigenvalue weighted by atomic mass is 9.99. The summed E-state index contributed by atoms with van der Waals surface area (Å²) in [5.41, 5.74) is 5.99. The van der Waals surface area contributed by atoms with E-state index in [0.717, 1.165) is 69.0 Å². The number of thiocarbonyl (C=S) groups is 1. The molecule has 0 amide bonds. The highest BCUT2D eigenvalue weighted by Crippen LogP contribution is 2.38. The molecular formula is C23H24ClN5S. The van der Waals surface area contributed by atoms with Crippen LogP contribution in [0.5, 0.6) is 0 Å². The van der Waals surface area contributed by atoms with Gasteiger partial charge in [0.2, 0.25) is 0 Å². The minimum atomic E-state index is 0.646. The first-order valence-electron chi connectivity index (χ1n) is 9.94. The normalized spacial score (nSPS) is 12.7. The number of nitrogens with one attached hydrogen (secondary N) is 2. The third kappa shape index (κ3) is 4.78. The van der Waals surface area contributed by atoms with Crippen molar-refractivity contribution in [2.45, 2.75) is 19.3 Å². The van der Waals surface area contributed by atoms with Gasteiger partial charge in [0.1, 0.15) is 5.82 Å². The van der Waals surface area contributed by atoms with Crippen molar-refractivity contribution in [3.05, 3.63) is 64.9 Å². The van der Waals surface area contributed by atoms with Crippen LogP contribution in [0.4, 0.5) is 17.2 Å². The van der Waals surface area contributed by atoms with Gasteiger partial charge >= 0.3 is 0 Å². The second kappa shape index (κ2) is 9.08. The molecule has 1 aliphatic heterocycles. The molecule has 7 heteroatoms. The molecule has 1 aromatic carbocycles. The van der Waals surface area contributed by atoms with E-state index >= 15 is 0 Å². The SMILES string of the molecule is CN(C)CCCc1cc2c(cc1Cl)NC(=S)Cc1ccc(Nc3cccnc3)nc1-2. The number of hydrogen-bond donors (Lipinski definition) is 2. The van der Waals surface area contributed by atoms with E-state index in [2.05, 4.69) is 46.7 Å². The second-order valence-corrected chi connectivity index (χ2v) is 8.59. The van der Waals surface area contributed by atoms with Crippen LogP contribution in [0, 0.1) is 0 Å². The van der Waals surface area contributed by atoms with E-state index in [1.165, 1.54) is 0 Å². The molecule has 4 rings (SSSR count). The van der Waals surface area contributed by atoms with Gasteiger partial charge in [0.25, 0.3) is 0 Å². The minimum Gasteiger partial charge on any atom is -0.349 e. The predicted molar refractivity (Wildman–Crippen MR) is 129 cm³/mol. The zero-order valence-electron chi connectivity index (χ0n) is 17.1. The minimum absolute atomic E-state index is 0.646. The zero-order chi connectivity index (χ0) is 21.1. The summed E-state index contributed by atoms with van der Waals surface area (Å²) < 4.78 is 0. The van der Waals surface area contributed by atoms with Crippen LogP contribution in [0.1, 0.15) is 17.5 Å². The highest BCUT2D eigenvalue weighted by molar-refractivity contribution is 7.80. The fourth-order valence-electron chi connectivity index (χ4n) is 3.58.